The predicted molar refractivity (Wildman–Crippen MR) is 86.7 cm³/mol. The number of carbonyl (C=O) groups is 1. The predicted octanol–water partition coefficient (Wildman–Crippen LogP) is 3.19. The molecule has 0 atom stereocenters. The van der Waals surface area contributed by atoms with E-state index in [1.807, 2.05) is 0 Å². The van der Waals surface area contributed by atoms with Crippen LogP contribution < -0.4 is 4.74 Å². The number of halogens is 1. The fourth-order valence-electron chi connectivity index (χ4n) is 2.17. The first-order valence-corrected chi connectivity index (χ1v) is 7.28. The first-order valence-electron chi connectivity index (χ1n) is 7.28. The van der Waals surface area contributed by atoms with Crippen molar-refractivity contribution in [2.75, 3.05) is 20.2 Å². The molecule has 0 saturated carbocycles. The van der Waals surface area contributed by atoms with Gasteiger partial charge in [0.1, 0.15) is 6.61 Å². The van der Waals surface area contributed by atoms with Gasteiger partial charge in [-0.15, -0.1) is 0 Å². The Bertz CT molecular complexity index is 764. The smallest absolute Gasteiger partial charge is 0.272 e. The molecule has 126 valence electrons. The van der Waals surface area contributed by atoms with E-state index in [1.165, 1.54) is 35.2 Å². The lowest BCUT2D eigenvalue weighted by molar-refractivity contribution is -0.385. The molecule has 0 aliphatic rings. The number of nitro groups is 1. The van der Waals surface area contributed by atoms with E-state index in [-0.39, 0.29) is 30.5 Å². The maximum Gasteiger partial charge on any atom is 0.272 e. The molecule has 6 nitrogen and oxygen atoms in total. The average Bonchev–Trinajstić information content (AvgIpc) is 2.55. The zero-order valence-electron chi connectivity index (χ0n) is 13.4. The van der Waals surface area contributed by atoms with E-state index in [1.54, 1.807) is 26.1 Å². The number of hydrogen-bond acceptors (Lipinski definition) is 4. The standard InChI is InChI=1S/C17H17FN2O4/c1-12-11-13(7-8-15(12)20(22)23)17(21)19(2)9-10-24-16-6-4-3-5-14(16)18/h3-8,11H,9-10H2,1-2H3. The highest BCUT2D eigenvalue weighted by molar-refractivity contribution is 5.94. The number of likely N-dealkylation sites (N-methyl/N-ethyl adjacent to an activating group) is 1. The van der Waals surface area contributed by atoms with Crippen molar-refractivity contribution in [3.05, 3.63) is 69.5 Å². The highest BCUT2D eigenvalue weighted by Crippen LogP contribution is 2.19. The topological polar surface area (TPSA) is 72.7 Å². The lowest BCUT2D eigenvalue weighted by Crippen LogP contribution is -2.31. The summed E-state index contributed by atoms with van der Waals surface area (Å²) in [7, 11) is 1.59. The van der Waals surface area contributed by atoms with Crippen molar-refractivity contribution in [3.63, 3.8) is 0 Å². The summed E-state index contributed by atoms with van der Waals surface area (Å²) in [6.07, 6.45) is 0. The van der Waals surface area contributed by atoms with Gasteiger partial charge in [0.2, 0.25) is 0 Å². The fourth-order valence-corrected chi connectivity index (χ4v) is 2.17. The molecule has 0 fully saturated rings. The van der Waals surface area contributed by atoms with Crippen LogP contribution in [0, 0.1) is 22.9 Å². The highest BCUT2D eigenvalue weighted by Gasteiger charge is 2.16. The molecule has 24 heavy (non-hydrogen) atoms. The van der Waals surface area contributed by atoms with Crippen molar-refractivity contribution in [1.29, 1.82) is 0 Å². The van der Waals surface area contributed by atoms with Crippen LogP contribution in [0.1, 0.15) is 15.9 Å². The van der Waals surface area contributed by atoms with Gasteiger partial charge in [-0.2, -0.15) is 0 Å². The van der Waals surface area contributed by atoms with E-state index < -0.39 is 10.7 Å². The Kier molecular flexibility index (Phi) is 5.47. The Morgan fingerprint density at radius 3 is 2.62 bits per heavy atom. The molecule has 0 aromatic heterocycles. The average molecular weight is 332 g/mol. The Labute approximate surface area is 138 Å². The van der Waals surface area contributed by atoms with Crippen molar-refractivity contribution >= 4 is 11.6 Å². The summed E-state index contributed by atoms with van der Waals surface area (Å²) >= 11 is 0. The van der Waals surface area contributed by atoms with Crippen molar-refractivity contribution < 1.29 is 18.8 Å². The maximum atomic E-state index is 13.4. The third-order valence-electron chi connectivity index (χ3n) is 3.51. The summed E-state index contributed by atoms with van der Waals surface area (Å²) in [6.45, 7) is 1.97. The van der Waals surface area contributed by atoms with Crippen molar-refractivity contribution in [1.82, 2.24) is 4.90 Å². The number of nitro benzene ring substituents is 1. The second-order valence-corrected chi connectivity index (χ2v) is 5.26. The number of para-hydroxylation sites is 1. The number of carbonyl (C=O) groups excluding carboxylic acids is 1. The molecule has 0 aliphatic heterocycles. The Morgan fingerprint density at radius 1 is 1.29 bits per heavy atom. The van der Waals surface area contributed by atoms with Gasteiger partial charge in [0.05, 0.1) is 11.5 Å². The molecule has 2 aromatic carbocycles. The summed E-state index contributed by atoms with van der Waals surface area (Å²) in [5.74, 6) is -0.618. The van der Waals surface area contributed by atoms with E-state index in [9.17, 15) is 19.3 Å². The number of benzene rings is 2. The number of aryl methyl sites for hydroxylation is 1. The largest absolute Gasteiger partial charge is 0.489 e. The molecule has 2 rings (SSSR count). The quantitative estimate of drug-likeness (QED) is 0.601. The van der Waals surface area contributed by atoms with Gasteiger partial charge in [0.25, 0.3) is 11.6 Å². The second-order valence-electron chi connectivity index (χ2n) is 5.26. The first kappa shape index (κ1) is 17.4. The number of amides is 1. The third kappa shape index (κ3) is 4.07. The van der Waals surface area contributed by atoms with Gasteiger partial charge in [-0.1, -0.05) is 12.1 Å². The van der Waals surface area contributed by atoms with E-state index in [0.717, 1.165) is 0 Å². The zero-order valence-corrected chi connectivity index (χ0v) is 13.4. The normalized spacial score (nSPS) is 10.3. The Hall–Kier alpha value is -2.96. The lowest BCUT2D eigenvalue weighted by atomic mass is 10.1. The van der Waals surface area contributed by atoms with E-state index in [2.05, 4.69) is 0 Å². The molecular weight excluding hydrogens is 315 g/mol. The molecule has 0 spiro atoms. The number of nitrogens with zero attached hydrogens (tertiary/aromatic N) is 2. The molecule has 0 saturated heterocycles. The lowest BCUT2D eigenvalue weighted by Gasteiger charge is -2.18. The summed E-state index contributed by atoms with van der Waals surface area (Å²) in [6, 6.07) is 10.2. The molecular formula is C17H17FN2O4. The molecule has 1 amide bonds. The van der Waals surface area contributed by atoms with Crippen molar-refractivity contribution in [2.24, 2.45) is 0 Å². The Balaban J connectivity index is 1.96. The van der Waals surface area contributed by atoms with Crippen LogP contribution in [0.25, 0.3) is 0 Å². The van der Waals surface area contributed by atoms with Crippen LogP contribution in [0.3, 0.4) is 0 Å². The van der Waals surface area contributed by atoms with Crippen molar-refractivity contribution in [3.8, 4) is 5.75 Å². The van der Waals surface area contributed by atoms with Gasteiger partial charge in [-0.25, -0.2) is 4.39 Å². The molecule has 7 heteroatoms. The number of rotatable bonds is 6. The third-order valence-corrected chi connectivity index (χ3v) is 3.51. The first-order chi connectivity index (χ1) is 11.4. The minimum atomic E-state index is -0.491. The van der Waals surface area contributed by atoms with Crippen molar-refractivity contribution in [2.45, 2.75) is 6.92 Å². The van der Waals surface area contributed by atoms with Gasteiger partial charge in [0.15, 0.2) is 11.6 Å². The van der Waals surface area contributed by atoms with E-state index in [4.69, 9.17) is 4.74 Å². The minimum Gasteiger partial charge on any atom is -0.489 e. The van der Waals surface area contributed by atoms with Crippen LogP contribution in [0.5, 0.6) is 5.75 Å². The van der Waals surface area contributed by atoms with Gasteiger partial charge in [-0.3, -0.25) is 14.9 Å². The van der Waals surface area contributed by atoms with Crippen LogP contribution in [0.2, 0.25) is 0 Å². The monoisotopic (exact) mass is 332 g/mol. The van der Waals surface area contributed by atoms with Crippen LogP contribution >= 0.6 is 0 Å². The SMILES string of the molecule is Cc1cc(C(=O)N(C)CCOc2ccccc2F)ccc1[N+](=O)[O-]. The second kappa shape index (κ2) is 7.54. The number of hydrogen-bond donors (Lipinski definition) is 0. The molecule has 0 aliphatic carbocycles. The molecule has 0 radical (unpaired) electrons. The maximum absolute atomic E-state index is 13.4. The fraction of sp³-hybridized carbons (Fsp3) is 0.235. The van der Waals surface area contributed by atoms with Crippen LogP contribution in [0.4, 0.5) is 10.1 Å². The number of ether oxygens (including phenoxy) is 1. The Morgan fingerprint density at radius 2 is 2.00 bits per heavy atom. The summed E-state index contributed by atoms with van der Waals surface area (Å²) < 4.78 is 18.7. The highest BCUT2D eigenvalue weighted by atomic mass is 19.1. The summed E-state index contributed by atoms with van der Waals surface area (Å²) in [5.41, 5.74) is 0.741. The van der Waals surface area contributed by atoms with E-state index in [0.29, 0.717) is 11.1 Å². The zero-order chi connectivity index (χ0) is 17.7. The molecule has 2 aromatic rings. The summed E-state index contributed by atoms with van der Waals surface area (Å²) in [4.78, 5) is 24.0. The van der Waals surface area contributed by atoms with Gasteiger partial charge in [-0.05, 0) is 31.2 Å². The van der Waals surface area contributed by atoms with Gasteiger partial charge in [0, 0.05) is 24.2 Å². The molecule has 0 bridgehead atoms. The van der Waals surface area contributed by atoms with Crippen LogP contribution in [-0.4, -0.2) is 35.9 Å². The molecule has 0 N–H and O–H groups in total. The summed E-state index contributed by atoms with van der Waals surface area (Å²) in [5, 5.41) is 10.8. The van der Waals surface area contributed by atoms with Gasteiger partial charge < -0.3 is 9.64 Å². The van der Waals surface area contributed by atoms with Crippen LogP contribution in [0.15, 0.2) is 42.5 Å². The van der Waals surface area contributed by atoms with Gasteiger partial charge >= 0.3 is 0 Å². The molecule has 0 heterocycles. The minimum absolute atomic E-state index is 0.0305. The molecule has 0 unspecified atom stereocenters. The van der Waals surface area contributed by atoms with E-state index >= 15 is 0 Å². The van der Waals surface area contributed by atoms with Crippen LogP contribution in [-0.2, 0) is 0 Å².